The molecule has 1 saturated heterocycles. The van der Waals surface area contributed by atoms with Crippen LogP contribution in [0.1, 0.15) is 25.7 Å². The number of hydrogen-bond acceptors (Lipinski definition) is 4. The normalized spacial score (nSPS) is 19.5. The van der Waals surface area contributed by atoms with Gasteiger partial charge in [0.05, 0.1) is 12.5 Å². The summed E-state index contributed by atoms with van der Waals surface area (Å²) in [7, 11) is 0. The average molecular weight is 283 g/mol. The van der Waals surface area contributed by atoms with Crippen molar-refractivity contribution in [3.05, 3.63) is 5.53 Å². The van der Waals surface area contributed by atoms with Gasteiger partial charge in [0, 0.05) is 13.0 Å². The van der Waals surface area contributed by atoms with E-state index in [-0.39, 0.29) is 31.3 Å². The predicted molar refractivity (Wildman–Crippen MR) is 67.0 cm³/mol. The van der Waals surface area contributed by atoms with Crippen LogP contribution >= 0.6 is 0 Å². The fourth-order valence-electron chi connectivity index (χ4n) is 1.91. The maximum absolute atomic E-state index is 11.9. The summed E-state index contributed by atoms with van der Waals surface area (Å²) < 4.78 is 5.17. The monoisotopic (exact) mass is 283 g/mol. The number of nitrogens with one attached hydrogen (secondary N) is 1. The Kier molecular flexibility index (Phi) is 6.55. The number of ketones is 1. The molecule has 1 fully saturated rings. The minimum atomic E-state index is -1.20. The van der Waals surface area contributed by atoms with E-state index in [4.69, 9.17) is 15.4 Å². The molecule has 0 unspecified atom stereocenters. The number of rotatable bonds is 7. The second-order valence-corrected chi connectivity index (χ2v) is 4.56. The first kappa shape index (κ1) is 16.0. The topological polar surface area (TPSA) is 129 Å². The van der Waals surface area contributed by atoms with Crippen LogP contribution in [0.4, 0.5) is 0 Å². The molecule has 0 spiro atoms. The van der Waals surface area contributed by atoms with E-state index in [0.29, 0.717) is 19.2 Å². The van der Waals surface area contributed by atoms with Gasteiger partial charge >= 0.3 is 12.2 Å². The zero-order chi connectivity index (χ0) is 15.0. The number of hydrogen-bond donors (Lipinski definition) is 2. The van der Waals surface area contributed by atoms with Crippen molar-refractivity contribution in [1.29, 1.82) is 0 Å². The average Bonchev–Trinajstić information content (AvgIpc) is 2.44. The van der Waals surface area contributed by atoms with Crippen molar-refractivity contribution in [1.82, 2.24) is 5.32 Å². The van der Waals surface area contributed by atoms with Crippen molar-refractivity contribution < 1.29 is 29.0 Å². The molecule has 20 heavy (non-hydrogen) atoms. The second kappa shape index (κ2) is 8.19. The minimum Gasteiger partial charge on any atom is -0.480 e. The first-order valence-corrected chi connectivity index (χ1v) is 6.35. The first-order valence-electron chi connectivity index (χ1n) is 6.35. The Morgan fingerprint density at radius 2 is 2.25 bits per heavy atom. The number of carbonyl (C=O) groups is 3. The van der Waals surface area contributed by atoms with Gasteiger partial charge in [-0.3, -0.25) is 9.59 Å². The number of nitrogens with zero attached hydrogens (tertiary/aromatic N) is 2. The van der Waals surface area contributed by atoms with Gasteiger partial charge in [0.2, 0.25) is 11.7 Å². The summed E-state index contributed by atoms with van der Waals surface area (Å²) in [5.74, 6) is -2.43. The maximum Gasteiger partial charge on any atom is 0.326 e. The molecule has 0 aromatic heterocycles. The third-order valence-corrected chi connectivity index (χ3v) is 3.03. The molecule has 1 rings (SSSR count). The molecule has 2 atom stereocenters. The molecule has 1 aliphatic heterocycles. The molecule has 2 N–H and O–H groups in total. The molecule has 0 aromatic carbocycles. The third-order valence-electron chi connectivity index (χ3n) is 3.03. The van der Waals surface area contributed by atoms with Crippen molar-refractivity contribution in [2.24, 2.45) is 5.92 Å². The molecule has 8 nitrogen and oxygen atoms in total. The quantitative estimate of drug-likeness (QED) is 0.374. The molecular weight excluding hydrogens is 266 g/mol. The van der Waals surface area contributed by atoms with Gasteiger partial charge in [0.15, 0.2) is 0 Å². The molecule has 1 aliphatic rings. The Labute approximate surface area is 115 Å². The second-order valence-electron chi connectivity index (χ2n) is 4.56. The number of carboxylic acid groups (broad SMARTS) is 1. The highest BCUT2D eigenvalue weighted by molar-refractivity contribution is 6.25. The Balaban J connectivity index is 2.49. The van der Waals surface area contributed by atoms with Crippen LogP contribution < -0.4 is 5.32 Å². The Bertz CT molecular complexity index is 425. The lowest BCUT2D eigenvalue weighted by molar-refractivity contribution is -0.143. The molecule has 8 heteroatoms. The highest BCUT2D eigenvalue weighted by Crippen LogP contribution is 2.14. The fourth-order valence-corrected chi connectivity index (χ4v) is 1.91. The van der Waals surface area contributed by atoms with E-state index in [2.05, 4.69) is 10.1 Å². The zero-order valence-corrected chi connectivity index (χ0v) is 10.9. The number of carboxylic acids is 1. The summed E-state index contributed by atoms with van der Waals surface area (Å²) in [6, 6.07) is -1.14. The third kappa shape index (κ3) is 5.29. The molecule has 0 radical (unpaired) electrons. The minimum absolute atomic E-state index is 0.0560. The van der Waals surface area contributed by atoms with Crippen LogP contribution in [0.3, 0.4) is 0 Å². The van der Waals surface area contributed by atoms with E-state index in [9.17, 15) is 14.4 Å². The van der Waals surface area contributed by atoms with Crippen molar-refractivity contribution in [3.8, 4) is 0 Å². The molecule has 1 amide bonds. The maximum atomic E-state index is 11.9. The molecule has 0 bridgehead atoms. The lowest BCUT2D eigenvalue weighted by Gasteiger charge is -2.23. The first-order chi connectivity index (χ1) is 9.54. The Hall–Kier alpha value is -2.05. The van der Waals surface area contributed by atoms with Gasteiger partial charge in [-0.1, -0.05) is 0 Å². The lowest BCUT2D eigenvalue weighted by atomic mass is 10.0. The summed E-state index contributed by atoms with van der Waals surface area (Å²) in [5.41, 5.74) is 8.18. The number of aliphatic carboxylic acids is 1. The number of ether oxygens (including phenoxy) is 1. The highest BCUT2D eigenvalue weighted by atomic mass is 16.5. The zero-order valence-electron chi connectivity index (χ0n) is 10.9. The van der Waals surface area contributed by atoms with E-state index >= 15 is 0 Å². The summed E-state index contributed by atoms with van der Waals surface area (Å²) in [6.45, 7) is 0.898. The smallest absolute Gasteiger partial charge is 0.326 e. The molecule has 1 heterocycles. The van der Waals surface area contributed by atoms with Crippen LogP contribution in [0.5, 0.6) is 0 Å². The number of amides is 1. The van der Waals surface area contributed by atoms with Crippen molar-refractivity contribution in [2.45, 2.75) is 31.7 Å². The standard InChI is InChI=1S/C12H17N3O5/c13-14-6-9(16)3-4-10(12(18)19)15-11(17)8-2-1-5-20-7-8/h6,8,10H,1-5,7H2,(H,15,17)(H,18,19)/t8-,10-/m0/s1. The summed E-state index contributed by atoms with van der Waals surface area (Å²) in [5, 5.41) is 11.4. The van der Waals surface area contributed by atoms with E-state index < -0.39 is 17.8 Å². The van der Waals surface area contributed by atoms with Gasteiger partial charge in [-0.25, -0.2) is 4.79 Å². The van der Waals surface area contributed by atoms with Crippen LogP contribution in [0.15, 0.2) is 0 Å². The van der Waals surface area contributed by atoms with Gasteiger partial charge < -0.3 is 20.7 Å². The lowest BCUT2D eigenvalue weighted by Crippen LogP contribution is -2.45. The van der Waals surface area contributed by atoms with E-state index in [0.717, 1.165) is 6.42 Å². The fraction of sp³-hybridized carbons (Fsp3) is 0.667. The van der Waals surface area contributed by atoms with Gasteiger partial charge in [-0.15, -0.1) is 0 Å². The number of Topliss-reactive ketones (excluding diaryl/α,β-unsaturated/α-hetero) is 1. The molecule has 0 aromatic rings. The van der Waals surface area contributed by atoms with Gasteiger partial charge in [0.25, 0.3) is 0 Å². The Morgan fingerprint density at radius 3 is 2.80 bits per heavy atom. The van der Waals surface area contributed by atoms with Crippen LogP contribution in [0.25, 0.3) is 5.53 Å². The predicted octanol–water partition coefficient (Wildman–Crippen LogP) is -0.368. The van der Waals surface area contributed by atoms with Crippen LogP contribution in [0, 0.1) is 5.92 Å². The molecular formula is C12H17N3O5. The molecule has 0 saturated carbocycles. The van der Waals surface area contributed by atoms with Crippen LogP contribution in [0.2, 0.25) is 0 Å². The largest absolute Gasteiger partial charge is 0.480 e. The summed E-state index contributed by atoms with van der Waals surface area (Å²) in [6.07, 6.45) is 1.95. The Morgan fingerprint density at radius 1 is 1.50 bits per heavy atom. The summed E-state index contributed by atoms with van der Waals surface area (Å²) >= 11 is 0. The van der Waals surface area contributed by atoms with Crippen molar-refractivity contribution >= 4 is 23.9 Å². The van der Waals surface area contributed by atoms with Crippen molar-refractivity contribution in [3.63, 3.8) is 0 Å². The van der Waals surface area contributed by atoms with Gasteiger partial charge in [0.1, 0.15) is 6.04 Å². The SMILES string of the molecule is [N-]=[N+]=CC(=O)CC[C@H](NC(=O)[C@H]1CCCOC1)C(=O)O. The van der Waals surface area contributed by atoms with E-state index in [1.165, 1.54) is 0 Å². The van der Waals surface area contributed by atoms with Gasteiger partial charge in [-0.2, -0.15) is 4.79 Å². The summed E-state index contributed by atoms with van der Waals surface area (Å²) in [4.78, 5) is 36.6. The van der Waals surface area contributed by atoms with E-state index in [1.807, 2.05) is 0 Å². The number of carbonyl (C=O) groups excluding carboxylic acids is 2. The van der Waals surface area contributed by atoms with Crippen molar-refractivity contribution in [2.75, 3.05) is 13.2 Å². The molecule has 0 aliphatic carbocycles. The van der Waals surface area contributed by atoms with Crippen LogP contribution in [-0.4, -0.2) is 53.0 Å². The van der Waals surface area contributed by atoms with Crippen LogP contribution in [-0.2, 0) is 19.1 Å². The highest BCUT2D eigenvalue weighted by Gasteiger charge is 2.27. The van der Waals surface area contributed by atoms with Gasteiger partial charge in [-0.05, 0) is 19.3 Å². The van der Waals surface area contributed by atoms with E-state index in [1.54, 1.807) is 0 Å². The molecule has 110 valence electrons.